The molecular weight excluding hydrogens is 397 g/mol. The molecule has 2 aromatic carbocycles. The molecule has 0 saturated heterocycles. The second-order valence-electron chi connectivity index (χ2n) is 6.14. The van der Waals surface area contributed by atoms with Gasteiger partial charge < -0.3 is 10.1 Å². The van der Waals surface area contributed by atoms with E-state index < -0.39 is 11.7 Å². The van der Waals surface area contributed by atoms with Crippen molar-refractivity contribution in [3.63, 3.8) is 0 Å². The molecule has 0 aliphatic heterocycles. The highest BCUT2D eigenvalue weighted by atomic mass is 35.5. The van der Waals surface area contributed by atoms with Crippen LogP contribution in [0.25, 0.3) is 16.9 Å². The third-order valence-corrected chi connectivity index (χ3v) is 4.59. The molecule has 1 amide bonds. The zero-order valence-electron chi connectivity index (χ0n) is 15.3. The molecule has 0 unspecified atom stereocenters. The van der Waals surface area contributed by atoms with E-state index in [1.807, 2.05) is 30.3 Å². The van der Waals surface area contributed by atoms with Crippen LogP contribution in [0.5, 0.6) is 5.75 Å². The lowest BCUT2D eigenvalue weighted by molar-refractivity contribution is 0.0949. The van der Waals surface area contributed by atoms with E-state index >= 15 is 0 Å². The van der Waals surface area contributed by atoms with Crippen molar-refractivity contribution in [1.82, 2.24) is 25.1 Å². The Bertz CT molecular complexity index is 1190. The summed E-state index contributed by atoms with van der Waals surface area (Å²) < 4.78 is 20.0. The molecule has 0 radical (unpaired) electrons. The average molecular weight is 412 g/mol. The molecule has 4 aromatic rings. The number of carbonyl (C=O) groups excluding carboxylic acids is 1. The van der Waals surface area contributed by atoms with Crippen molar-refractivity contribution >= 4 is 23.2 Å². The van der Waals surface area contributed by atoms with Crippen LogP contribution in [-0.2, 0) is 6.54 Å². The van der Waals surface area contributed by atoms with Gasteiger partial charge in [-0.3, -0.25) is 4.79 Å². The van der Waals surface area contributed by atoms with E-state index in [4.69, 9.17) is 16.3 Å². The number of halogens is 2. The minimum Gasteiger partial charge on any atom is -0.497 e. The van der Waals surface area contributed by atoms with Gasteiger partial charge in [0, 0.05) is 11.1 Å². The van der Waals surface area contributed by atoms with Gasteiger partial charge >= 0.3 is 0 Å². The molecule has 4 rings (SSSR count). The van der Waals surface area contributed by atoms with Crippen LogP contribution in [0.15, 0.2) is 54.6 Å². The Morgan fingerprint density at radius 2 is 1.93 bits per heavy atom. The zero-order chi connectivity index (χ0) is 20.4. The summed E-state index contributed by atoms with van der Waals surface area (Å²) in [6.45, 7) is 0.0913. The summed E-state index contributed by atoms with van der Waals surface area (Å²) in [7, 11) is 1.61. The first-order valence-corrected chi connectivity index (χ1v) is 9.02. The average Bonchev–Trinajstić information content (AvgIpc) is 3.16. The number of aromatic nitrogens is 4. The minimum atomic E-state index is -0.582. The Labute approximate surface area is 170 Å². The van der Waals surface area contributed by atoms with Crippen molar-refractivity contribution in [3.05, 3.63) is 76.8 Å². The number of methoxy groups -OCH3 is 1. The van der Waals surface area contributed by atoms with E-state index in [1.54, 1.807) is 17.7 Å². The Hall–Kier alpha value is -3.52. The number of amides is 1. The molecule has 1 N–H and O–H groups in total. The molecule has 0 aliphatic carbocycles. The smallest absolute Gasteiger partial charge is 0.251 e. The number of nitrogens with one attached hydrogen (secondary N) is 1. The summed E-state index contributed by atoms with van der Waals surface area (Å²) in [4.78, 5) is 12.3. The molecule has 0 saturated carbocycles. The molecule has 0 fully saturated rings. The highest BCUT2D eigenvalue weighted by molar-refractivity contribution is 6.31. The van der Waals surface area contributed by atoms with Crippen LogP contribution in [0.4, 0.5) is 4.39 Å². The first-order valence-electron chi connectivity index (χ1n) is 8.64. The Kier molecular flexibility index (Phi) is 5.09. The maximum atomic E-state index is 13.3. The molecule has 29 heavy (non-hydrogen) atoms. The van der Waals surface area contributed by atoms with E-state index in [0.29, 0.717) is 11.5 Å². The molecule has 9 heteroatoms. The van der Waals surface area contributed by atoms with Crippen molar-refractivity contribution in [1.29, 1.82) is 0 Å². The molecule has 0 aliphatic rings. The van der Waals surface area contributed by atoms with Crippen LogP contribution in [-0.4, -0.2) is 32.8 Å². The maximum Gasteiger partial charge on any atom is 0.251 e. The van der Waals surface area contributed by atoms with E-state index in [-0.39, 0.29) is 17.1 Å². The van der Waals surface area contributed by atoms with Gasteiger partial charge in [-0.2, -0.15) is 9.61 Å². The van der Waals surface area contributed by atoms with Gasteiger partial charge in [0.25, 0.3) is 5.91 Å². The van der Waals surface area contributed by atoms with Crippen LogP contribution >= 0.6 is 11.6 Å². The van der Waals surface area contributed by atoms with E-state index in [0.717, 1.165) is 23.1 Å². The van der Waals surface area contributed by atoms with Crippen LogP contribution in [0, 0.1) is 5.82 Å². The number of rotatable bonds is 5. The number of nitrogens with zero attached hydrogens (tertiary/aromatic N) is 4. The van der Waals surface area contributed by atoms with Gasteiger partial charge in [-0.1, -0.05) is 11.6 Å². The third kappa shape index (κ3) is 3.88. The maximum absolute atomic E-state index is 13.3. The summed E-state index contributed by atoms with van der Waals surface area (Å²) in [5.41, 5.74) is 2.42. The molecule has 146 valence electrons. The number of hydrogen-bond acceptors (Lipinski definition) is 5. The fourth-order valence-electron chi connectivity index (χ4n) is 2.76. The summed E-state index contributed by atoms with van der Waals surface area (Å²) in [5.74, 6) is 0.220. The summed E-state index contributed by atoms with van der Waals surface area (Å²) in [5, 5.41) is 15.3. The van der Waals surface area contributed by atoms with Crippen molar-refractivity contribution in [3.8, 4) is 17.0 Å². The number of ether oxygens (including phenoxy) is 1. The highest BCUT2D eigenvalue weighted by Gasteiger charge is 2.12. The molecule has 0 bridgehead atoms. The van der Waals surface area contributed by atoms with Gasteiger partial charge in [-0.25, -0.2) is 4.39 Å². The molecular formula is C20H15ClFN5O2. The molecule has 2 heterocycles. The minimum absolute atomic E-state index is 0.0913. The largest absolute Gasteiger partial charge is 0.497 e. The van der Waals surface area contributed by atoms with Crippen LogP contribution < -0.4 is 10.1 Å². The van der Waals surface area contributed by atoms with Crippen LogP contribution in [0.2, 0.25) is 5.02 Å². The second-order valence-corrected chi connectivity index (χ2v) is 6.55. The molecule has 0 atom stereocenters. The number of benzene rings is 2. The van der Waals surface area contributed by atoms with Crippen molar-refractivity contribution in [2.45, 2.75) is 6.54 Å². The summed E-state index contributed by atoms with van der Waals surface area (Å²) in [6, 6.07) is 14.9. The highest BCUT2D eigenvalue weighted by Crippen LogP contribution is 2.21. The lowest BCUT2D eigenvalue weighted by atomic mass is 10.1. The first kappa shape index (κ1) is 18.8. The molecule has 2 aromatic heterocycles. The first-order chi connectivity index (χ1) is 14.0. The standard InChI is InChI=1S/C20H15ClFN5O2/c1-29-14-5-2-12(3-6-14)17-8-9-18-24-25-19(27(18)26-17)11-23-20(28)13-4-7-16(22)15(21)10-13/h2-10H,11H2,1H3,(H,23,28). The van der Waals surface area contributed by atoms with E-state index in [1.165, 1.54) is 12.1 Å². The number of hydrogen-bond donors (Lipinski definition) is 1. The normalized spacial score (nSPS) is 10.9. The van der Waals surface area contributed by atoms with Gasteiger partial charge in [-0.15, -0.1) is 10.2 Å². The van der Waals surface area contributed by atoms with Gasteiger partial charge in [-0.05, 0) is 54.6 Å². The Morgan fingerprint density at radius 1 is 1.14 bits per heavy atom. The molecule has 7 nitrogen and oxygen atoms in total. The number of carbonyl (C=O) groups is 1. The van der Waals surface area contributed by atoms with E-state index in [9.17, 15) is 9.18 Å². The van der Waals surface area contributed by atoms with Crippen molar-refractivity contribution in [2.75, 3.05) is 7.11 Å². The number of fused-ring (bicyclic) bond motifs is 1. The third-order valence-electron chi connectivity index (χ3n) is 4.30. The SMILES string of the molecule is COc1ccc(-c2ccc3nnc(CNC(=O)c4ccc(F)c(Cl)c4)n3n2)cc1. The van der Waals surface area contributed by atoms with E-state index in [2.05, 4.69) is 20.6 Å². The lowest BCUT2D eigenvalue weighted by Crippen LogP contribution is -2.24. The van der Waals surface area contributed by atoms with Crippen molar-refractivity contribution in [2.24, 2.45) is 0 Å². The quantitative estimate of drug-likeness (QED) is 0.543. The zero-order valence-corrected chi connectivity index (χ0v) is 16.0. The van der Waals surface area contributed by atoms with Gasteiger partial charge in [0.05, 0.1) is 24.4 Å². The van der Waals surface area contributed by atoms with Gasteiger partial charge in [0.1, 0.15) is 11.6 Å². The predicted octanol–water partition coefficient (Wildman–Crippen LogP) is 3.52. The summed E-state index contributed by atoms with van der Waals surface area (Å²) in [6.07, 6.45) is 0. The van der Waals surface area contributed by atoms with Gasteiger partial charge in [0.2, 0.25) is 0 Å². The lowest BCUT2D eigenvalue weighted by Gasteiger charge is -2.06. The fourth-order valence-corrected chi connectivity index (χ4v) is 2.94. The van der Waals surface area contributed by atoms with Crippen LogP contribution in [0.1, 0.15) is 16.2 Å². The van der Waals surface area contributed by atoms with Gasteiger partial charge in [0.15, 0.2) is 11.5 Å². The predicted molar refractivity (Wildman–Crippen MR) is 105 cm³/mol. The topological polar surface area (TPSA) is 81.4 Å². The second kappa shape index (κ2) is 7.84. The summed E-state index contributed by atoms with van der Waals surface area (Å²) >= 11 is 5.73. The fraction of sp³-hybridized carbons (Fsp3) is 0.100. The monoisotopic (exact) mass is 411 g/mol. The van der Waals surface area contributed by atoms with Crippen LogP contribution in [0.3, 0.4) is 0 Å². The molecule has 0 spiro atoms. The Morgan fingerprint density at radius 3 is 2.66 bits per heavy atom. The van der Waals surface area contributed by atoms with Crippen molar-refractivity contribution < 1.29 is 13.9 Å². The Balaban J connectivity index is 1.55.